The van der Waals surface area contributed by atoms with Crippen LogP contribution < -0.4 is 5.32 Å². The van der Waals surface area contributed by atoms with Crippen molar-refractivity contribution in [3.8, 4) is 0 Å². The molecule has 1 aromatic heterocycles. The van der Waals surface area contributed by atoms with Crippen molar-refractivity contribution in [1.82, 2.24) is 9.74 Å². The molecule has 0 radical (unpaired) electrons. The molecule has 0 bridgehead atoms. The van der Waals surface area contributed by atoms with Gasteiger partial charge in [0.25, 0.3) is 11.8 Å². The van der Waals surface area contributed by atoms with Gasteiger partial charge in [-0.3, -0.25) is 19.3 Å². The zero-order valence-electron chi connectivity index (χ0n) is 9.64. The Morgan fingerprint density at radius 3 is 2.83 bits per heavy atom. The molecule has 0 saturated carbocycles. The van der Waals surface area contributed by atoms with Crippen LogP contribution in [0, 0.1) is 6.92 Å². The lowest BCUT2D eigenvalue weighted by atomic mass is 10.2. The number of carbonyl (C=O) groups excluding carboxylic acids is 2. The summed E-state index contributed by atoms with van der Waals surface area (Å²) in [5, 5.41) is 4.15. The molecule has 2 heterocycles. The van der Waals surface area contributed by atoms with Crippen LogP contribution >= 0.6 is 23.1 Å². The monoisotopic (exact) mass is 282 g/mol. The Morgan fingerprint density at radius 1 is 1.44 bits per heavy atom. The quantitative estimate of drug-likeness (QED) is 0.668. The van der Waals surface area contributed by atoms with Crippen molar-refractivity contribution in [3.63, 3.8) is 0 Å². The first kappa shape index (κ1) is 12.9. The predicted octanol–water partition coefficient (Wildman–Crippen LogP) is 2.22. The SMILES string of the molecule is Cc1sccc1C(=O)NC(=O)C1=CN(Cl)CC=C1. The molecule has 0 atom stereocenters. The molecular formula is C12H11ClN2O2S. The summed E-state index contributed by atoms with van der Waals surface area (Å²) in [5.74, 6) is -0.841. The largest absolute Gasteiger partial charge is 0.288 e. The molecule has 4 nitrogen and oxygen atoms in total. The minimum absolute atomic E-state index is 0.359. The first-order chi connectivity index (χ1) is 8.58. The number of amides is 2. The maximum atomic E-state index is 11.8. The van der Waals surface area contributed by atoms with Gasteiger partial charge in [0.2, 0.25) is 0 Å². The molecule has 2 rings (SSSR count). The summed E-state index contributed by atoms with van der Waals surface area (Å²) in [7, 11) is 0. The van der Waals surface area contributed by atoms with E-state index in [0.29, 0.717) is 17.7 Å². The number of aryl methyl sites for hydroxylation is 1. The fraction of sp³-hybridized carbons (Fsp3) is 0.167. The highest BCUT2D eigenvalue weighted by atomic mass is 35.5. The molecule has 2 amide bonds. The molecule has 1 aromatic rings. The predicted molar refractivity (Wildman–Crippen MR) is 71.3 cm³/mol. The fourth-order valence-corrected chi connectivity index (χ4v) is 2.41. The number of nitrogens with zero attached hydrogens (tertiary/aromatic N) is 1. The van der Waals surface area contributed by atoms with Gasteiger partial charge in [-0.2, -0.15) is 0 Å². The van der Waals surface area contributed by atoms with Gasteiger partial charge in [-0.15, -0.1) is 11.3 Å². The van der Waals surface area contributed by atoms with Crippen molar-refractivity contribution in [2.45, 2.75) is 6.92 Å². The molecule has 0 spiro atoms. The van der Waals surface area contributed by atoms with Crippen LogP contribution in [0.25, 0.3) is 0 Å². The molecule has 0 fully saturated rings. The molecule has 6 heteroatoms. The second kappa shape index (κ2) is 5.37. The fourth-order valence-electron chi connectivity index (χ4n) is 1.52. The number of hydrogen-bond acceptors (Lipinski definition) is 4. The van der Waals surface area contributed by atoms with Gasteiger partial charge in [-0.25, -0.2) is 0 Å². The summed E-state index contributed by atoms with van der Waals surface area (Å²) in [6.07, 6.45) is 4.88. The van der Waals surface area contributed by atoms with E-state index in [1.807, 2.05) is 12.3 Å². The van der Waals surface area contributed by atoms with Crippen molar-refractivity contribution in [2.24, 2.45) is 0 Å². The van der Waals surface area contributed by atoms with Crippen molar-refractivity contribution >= 4 is 34.9 Å². The topological polar surface area (TPSA) is 49.4 Å². The second-order valence-electron chi connectivity index (χ2n) is 3.74. The highest BCUT2D eigenvalue weighted by Crippen LogP contribution is 2.15. The Balaban J connectivity index is 2.06. The van der Waals surface area contributed by atoms with E-state index in [4.69, 9.17) is 11.8 Å². The van der Waals surface area contributed by atoms with Crippen molar-refractivity contribution in [1.29, 1.82) is 0 Å². The maximum absolute atomic E-state index is 11.8. The first-order valence-electron chi connectivity index (χ1n) is 5.28. The lowest BCUT2D eigenvalue weighted by molar-refractivity contribution is -0.116. The van der Waals surface area contributed by atoms with Crippen molar-refractivity contribution in [2.75, 3.05) is 6.54 Å². The third-order valence-electron chi connectivity index (χ3n) is 2.45. The van der Waals surface area contributed by atoms with Crippen molar-refractivity contribution < 1.29 is 9.59 Å². The summed E-state index contributed by atoms with van der Waals surface area (Å²) in [6, 6.07) is 1.70. The summed E-state index contributed by atoms with van der Waals surface area (Å²) < 4.78 is 1.36. The molecule has 0 saturated heterocycles. The minimum Gasteiger partial charge on any atom is -0.288 e. The Labute approximate surface area is 114 Å². The minimum atomic E-state index is -0.452. The Morgan fingerprint density at radius 2 is 2.22 bits per heavy atom. The molecule has 18 heavy (non-hydrogen) atoms. The van der Waals surface area contributed by atoms with E-state index in [1.54, 1.807) is 18.2 Å². The summed E-state index contributed by atoms with van der Waals surface area (Å²) in [4.78, 5) is 24.5. The lowest BCUT2D eigenvalue weighted by Crippen LogP contribution is -2.32. The van der Waals surface area contributed by atoms with Crippen LogP contribution in [-0.2, 0) is 4.79 Å². The molecule has 0 unspecified atom stereocenters. The Hall–Kier alpha value is -1.59. The highest BCUT2D eigenvalue weighted by Gasteiger charge is 2.17. The van der Waals surface area contributed by atoms with E-state index >= 15 is 0 Å². The average Bonchev–Trinajstić information content (AvgIpc) is 2.75. The van der Waals surface area contributed by atoms with E-state index < -0.39 is 5.91 Å². The molecule has 0 aromatic carbocycles. The van der Waals surface area contributed by atoms with Crippen LogP contribution in [-0.4, -0.2) is 22.8 Å². The molecule has 1 aliphatic rings. The number of nitrogens with one attached hydrogen (secondary N) is 1. The van der Waals surface area contributed by atoms with Gasteiger partial charge < -0.3 is 0 Å². The van der Waals surface area contributed by atoms with Crippen molar-refractivity contribution in [3.05, 3.63) is 45.8 Å². The maximum Gasteiger partial charge on any atom is 0.259 e. The van der Waals surface area contributed by atoms with E-state index in [2.05, 4.69) is 5.32 Å². The number of imide groups is 1. The number of thiophene rings is 1. The first-order valence-corrected chi connectivity index (χ1v) is 6.50. The van der Waals surface area contributed by atoms with E-state index in [0.717, 1.165) is 4.88 Å². The second-order valence-corrected chi connectivity index (χ2v) is 5.30. The van der Waals surface area contributed by atoms with Gasteiger partial charge in [-0.1, -0.05) is 12.2 Å². The van der Waals surface area contributed by atoms with E-state index in [1.165, 1.54) is 22.0 Å². The zero-order chi connectivity index (χ0) is 13.1. The van der Waals surface area contributed by atoms with Gasteiger partial charge >= 0.3 is 0 Å². The standard InChI is InChI=1S/C12H11ClN2O2S/c1-8-10(4-6-18-8)12(17)14-11(16)9-3-2-5-15(13)7-9/h2-4,6-7H,5H2,1H3,(H,14,16,17). The average molecular weight is 283 g/mol. The normalized spacial score (nSPS) is 14.3. The number of rotatable bonds is 2. The van der Waals surface area contributed by atoms with Gasteiger partial charge in [0.1, 0.15) is 0 Å². The van der Waals surface area contributed by atoms with Crippen LogP contribution in [0.15, 0.2) is 35.4 Å². The molecule has 0 aliphatic carbocycles. The number of halogens is 1. The van der Waals surface area contributed by atoms with Crippen LogP contribution in [0.4, 0.5) is 0 Å². The summed E-state index contributed by atoms with van der Waals surface area (Å²) >= 11 is 7.22. The third-order valence-corrected chi connectivity index (χ3v) is 3.53. The van der Waals surface area contributed by atoms with Gasteiger partial charge in [0, 0.05) is 22.9 Å². The van der Waals surface area contributed by atoms with Crippen LogP contribution in [0.1, 0.15) is 15.2 Å². The molecule has 1 aliphatic heterocycles. The van der Waals surface area contributed by atoms with E-state index in [9.17, 15) is 9.59 Å². The lowest BCUT2D eigenvalue weighted by Gasteiger charge is -2.14. The smallest absolute Gasteiger partial charge is 0.259 e. The van der Waals surface area contributed by atoms with Crippen LogP contribution in [0.2, 0.25) is 0 Å². The van der Waals surface area contributed by atoms with Gasteiger partial charge in [0.15, 0.2) is 0 Å². The summed E-state index contributed by atoms with van der Waals surface area (Å²) in [5.41, 5.74) is 0.883. The molecular weight excluding hydrogens is 272 g/mol. The molecule has 94 valence electrons. The third kappa shape index (κ3) is 2.80. The summed E-state index contributed by atoms with van der Waals surface area (Å²) in [6.45, 7) is 2.38. The van der Waals surface area contributed by atoms with Crippen LogP contribution in [0.3, 0.4) is 0 Å². The number of hydrogen-bond donors (Lipinski definition) is 1. The molecule has 1 N–H and O–H groups in total. The van der Waals surface area contributed by atoms with Gasteiger partial charge in [-0.05, 0) is 18.4 Å². The Kier molecular flexibility index (Phi) is 3.84. The zero-order valence-corrected chi connectivity index (χ0v) is 11.2. The van der Waals surface area contributed by atoms with E-state index in [-0.39, 0.29) is 5.91 Å². The Bertz CT molecular complexity index is 548. The highest BCUT2D eigenvalue weighted by molar-refractivity contribution is 7.10. The van der Waals surface area contributed by atoms with Gasteiger partial charge in [0.05, 0.1) is 17.7 Å². The number of carbonyl (C=O) groups is 2. The van der Waals surface area contributed by atoms with Crippen LogP contribution in [0.5, 0.6) is 0 Å².